The molecule has 96 valence electrons. The number of carbonyl (C=O) groups excluding carboxylic acids is 1. The van der Waals surface area contributed by atoms with E-state index >= 15 is 0 Å². The quantitative estimate of drug-likeness (QED) is 0.702. The third-order valence-electron chi connectivity index (χ3n) is 5.01. The zero-order valence-corrected chi connectivity index (χ0v) is 10.6. The Morgan fingerprint density at radius 1 is 1.29 bits per heavy atom. The van der Waals surface area contributed by atoms with Gasteiger partial charge in [-0.1, -0.05) is 6.42 Å². The van der Waals surface area contributed by atoms with Crippen LogP contribution in [0.5, 0.6) is 0 Å². The Balaban J connectivity index is 1.68. The minimum Gasteiger partial charge on any atom is -0.380 e. The second-order valence-corrected chi connectivity index (χ2v) is 6.15. The maximum absolute atomic E-state index is 11.4. The molecule has 3 aliphatic rings. The molecule has 0 aromatic rings. The summed E-state index contributed by atoms with van der Waals surface area (Å²) in [5.74, 6) is 0.912. The molecule has 3 nitrogen and oxygen atoms in total. The van der Waals surface area contributed by atoms with Crippen LogP contribution in [0.15, 0.2) is 0 Å². The number of nitrogens with zero attached hydrogens (tertiary/aromatic N) is 1. The van der Waals surface area contributed by atoms with Gasteiger partial charge in [0, 0.05) is 19.2 Å². The molecule has 0 spiro atoms. The number of rotatable bonds is 3. The maximum atomic E-state index is 11.4. The van der Waals surface area contributed by atoms with Crippen LogP contribution in [0.1, 0.15) is 38.5 Å². The lowest BCUT2D eigenvalue weighted by atomic mass is 9.85. The molecule has 3 unspecified atom stereocenters. The van der Waals surface area contributed by atoms with Crippen LogP contribution in [0, 0.1) is 11.3 Å². The molecule has 2 heterocycles. The molecule has 0 N–H and O–H groups in total. The van der Waals surface area contributed by atoms with Gasteiger partial charge in [0.1, 0.15) is 6.29 Å². The number of hydrogen-bond acceptors (Lipinski definition) is 3. The Bertz CT molecular complexity index is 286. The van der Waals surface area contributed by atoms with Crippen molar-refractivity contribution in [3.8, 4) is 0 Å². The van der Waals surface area contributed by atoms with Gasteiger partial charge in [0.15, 0.2) is 0 Å². The third-order valence-corrected chi connectivity index (χ3v) is 5.01. The summed E-state index contributed by atoms with van der Waals surface area (Å²) in [5.41, 5.74) is -0.190. The number of ether oxygens (including phenoxy) is 1. The molecule has 17 heavy (non-hydrogen) atoms. The first-order valence-electron chi connectivity index (χ1n) is 7.11. The summed E-state index contributed by atoms with van der Waals surface area (Å²) < 4.78 is 5.45. The van der Waals surface area contributed by atoms with Gasteiger partial charge in [-0.25, -0.2) is 0 Å². The second-order valence-electron chi connectivity index (χ2n) is 6.15. The number of carbonyl (C=O) groups is 1. The first-order chi connectivity index (χ1) is 8.33. The van der Waals surface area contributed by atoms with Gasteiger partial charge < -0.3 is 9.53 Å². The third kappa shape index (κ3) is 2.15. The highest BCUT2D eigenvalue weighted by molar-refractivity contribution is 5.60. The number of likely N-dealkylation sites (tertiary alicyclic amines) is 1. The summed E-state index contributed by atoms with van der Waals surface area (Å²) in [6, 6.07) is 0.765. The van der Waals surface area contributed by atoms with E-state index in [0.29, 0.717) is 6.61 Å². The van der Waals surface area contributed by atoms with Crippen molar-refractivity contribution in [2.75, 3.05) is 26.3 Å². The topological polar surface area (TPSA) is 29.5 Å². The van der Waals surface area contributed by atoms with Crippen LogP contribution in [-0.2, 0) is 9.53 Å². The van der Waals surface area contributed by atoms with Crippen molar-refractivity contribution < 1.29 is 9.53 Å². The molecule has 1 saturated carbocycles. The first kappa shape index (κ1) is 11.7. The predicted molar refractivity (Wildman–Crippen MR) is 65.9 cm³/mol. The van der Waals surface area contributed by atoms with Crippen LogP contribution in [0.4, 0.5) is 0 Å². The average Bonchev–Trinajstić information content (AvgIpc) is 2.98. The molecule has 0 aromatic carbocycles. The fourth-order valence-corrected chi connectivity index (χ4v) is 4.04. The Hall–Kier alpha value is -0.410. The Labute approximate surface area is 104 Å². The van der Waals surface area contributed by atoms with E-state index in [4.69, 9.17) is 4.74 Å². The fraction of sp³-hybridized carbons (Fsp3) is 0.929. The van der Waals surface area contributed by atoms with E-state index in [2.05, 4.69) is 4.90 Å². The van der Waals surface area contributed by atoms with E-state index in [9.17, 15) is 4.79 Å². The van der Waals surface area contributed by atoms with Gasteiger partial charge in [0.05, 0.1) is 12.0 Å². The summed E-state index contributed by atoms with van der Waals surface area (Å²) in [7, 11) is 0. The van der Waals surface area contributed by atoms with E-state index in [-0.39, 0.29) is 5.41 Å². The number of hydrogen-bond donors (Lipinski definition) is 0. The van der Waals surface area contributed by atoms with E-state index in [1.165, 1.54) is 44.9 Å². The summed E-state index contributed by atoms with van der Waals surface area (Å²) >= 11 is 0. The number of piperidine rings is 1. The predicted octanol–water partition coefficient (Wildman–Crippen LogP) is 1.86. The largest absolute Gasteiger partial charge is 0.380 e. The zero-order chi connectivity index (χ0) is 11.7. The summed E-state index contributed by atoms with van der Waals surface area (Å²) in [6.45, 7) is 3.54. The summed E-state index contributed by atoms with van der Waals surface area (Å²) in [4.78, 5) is 14.0. The van der Waals surface area contributed by atoms with Gasteiger partial charge in [-0.3, -0.25) is 4.90 Å². The monoisotopic (exact) mass is 237 g/mol. The van der Waals surface area contributed by atoms with Crippen molar-refractivity contribution in [1.82, 2.24) is 4.90 Å². The number of aldehydes is 1. The molecule has 0 bridgehead atoms. The second kappa shape index (κ2) is 4.69. The van der Waals surface area contributed by atoms with Gasteiger partial charge in [-0.2, -0.15) is 0 Å². The molecule has 3 atom stereocenters. The van der Waals surface area contributed by atoms with Gasteiger partial charge in [0.25, 0.3) is 0 Å². The SMILES string of the molecule is O=CC1(CN2CCCC3CCCC32)CCOC1. The summed E-state index contributed by atoms with van der Waals surface area (Å²) in [6.07, 6.45) is 8.95. The van der Waals surface area contributed by atoms with E-state index < -0.39 is 0 Å². The van der Waals surface area contributed by atoms with Crippen molar-refractivity contribution in [1.29, 1.82) is 0 Å². The van der Waals surface area contributed by atoms with E-state index in [1.54, 1.807) is 0 Å². The average molecular weight is 237 g/mol. The first-order valence-corrected chi connectivity index (χ1v) is 7.11. The molecule has 3 heteroatoms. The molecule has 0 amide bonds. The Morgan fingerprint density at radius 2 is 2.18 bits per heavy atom. The van der Waals surface area contributed by atoms with Gasteiger partial charge in [-0.15, -0.1) is 0 Å². The smallest absolute Gasteiger partial charge is 0.129 e. The molecule has 3 rings (SSSR count). The van der Waals surface area contributed by atoms with Crippen molar-refractivity contribution in [3.05, 3.63) is 0 Å². The molecule has 0 radical (unpaired) electrons. The molecular weight excluding hydrogens is 214 g/mol. The Kier molecular flexibility index (Phi) is 3.22. The molecule has 2 saturated heterocycles. The van der Waals surface area contributed by atoms with Crippen molar-refractivity contribution in [2.45, 2.75) is 44.6 Å². The van der Waals surface area contributed by atoms with Crippen molar-refractivity contribution in [3.63, 3.8) is 0 Å². The number of fused-ring (bicyclic) bond motifs is 1. The Morgan fingerprint density at radius 3 is 2.94 bits per heavy atom. The van der Waals surface area contributed by atoms with Gasteiger partial charge in [0.2, 0.25) is 0 Å². The van der Waals surface area contributed by atoms with Crippen LogP contribution in [0.2, 0.25) is 0 Å². The minimum absolute atomic E-state index is 0.190. The van der Waals surface area contributed by atoms with Gasteiger partial charge in [-0.05, 0) is 44.6 Å². The van der Waals surface area contributed by atoms with Crippen LogP contribution in [0.3, 0.4) is 0 Å². The highest BCUT2D eigenvalue weighted by Gasteiger charge is 2.41. The maximum Gasteiger partial charge on any atom is 0.129 e. The fourth-order valence-electron chi connectivity index (χ4n) is 4.04. The molecular formula is C14H23NO2. The molecule has 3 fully saturated rings. The normalized spacial score (nSPS) is 42.6. The molecule has 1 aliphatic carbocycles. The van der Waals surface area contributed by atoms with Gasteiger partial charge >= 0.3 is 0 Å². The zero-order valence-electron chi connectivity index (χ0n) is 10.6. The minimum atomic E-state index is -0.190. The molecule has 2 aliphatic heterocycles. The van der Waals surface area contributed by atoms with Crippen LogP contribution in [-0.4, -0.2) is 43.5 Å². The lowest BCUT2D eigenvalue weighted by molar-refractivity contribution is -0.118. The highest BCUT2D eigenvalue weighted by atomic mass is 16.5. The van der Waals surface area contributed by atoms with E-state index in [0.717, 1.165) is 31.5 Å². The van der Waals surface area contributed by atoms with Crippen LogP contribution in [0.25, 0.3) is 0 Å². The highest BCUT2D eigenvalue weighted by Crippen LogP contribution is 2.39. The van der Waals surface area contributed by atoms with Crippen LogP contribution >= 0.6 is 0 Å². The lowest BCUT2D eigenvalue weighted by Gasteiger charge is -2.41. The van der Waals surface area contributed by atoms with E-state index in [1.807, 2.05) is 0 Å². The lowest BCUT2D eigenvalue weighted by Crippen LogP contribution is -2.48. The standard InChI is InChI=1S/C14H23NO2/c16-10-14(6-8-17-11-14)9-15-7-2-4-12-3-1-5-13(12)15/h10,12-13H,1-9,11H2. The molecule has 0 aromatic heterocycles. The van der Waals surface area contributed by atoms with Crippen molar-refractivity contribution >= 4 is 6.29 Å². The van der Waals surface area contributed by atoms with Crippen molar-refractivity contribution in [2.24, 2.45) is 11.3 Å². The summed E-state index contributed by atoms with van der Waals surface area (Å²) in [5, 5.41) is 0. The van der Waals surface area contributed by atoms with Crippen LogP contribution < -0.4 is 0 Å².